The normalized spacial score (nSPS) is 9.94. The lowest BCUT2D eigenvalue weighted by atomic mass is 10.0. The molecule has 0 atom stereocenters. The predicted molar refractivity (Wildman–Crippen MR) is 71.5 cm³/mol. The molecule has 0 heterocycles. The van der Waals surface area contributed by atoms with Crippen LogP contribution in [0.25, 0.3) is 11.1 Å². The van der Waals surface area contributed by atoms with Crippen LogP contribution in [0.3, 0.4) is 0 Å². The molecule has 0 unspecified atom stereocenters. The summed E-state index contributed by atoms with van der Waals surface area (Å²) >= 11 is 0. The molecule has 2 rings (SSSR count). The largest absolute Gasteiger partial charge is 0.497 e. The molecule has 0 amide bonds. The molecule has 3 nitrogen and oxygen atoms in total. The third-order valence-electron chi connectivity index (χ3n) is 2.77. The van der Waals surface area contributed by atoms with E-state index in [2.05, 4.69) is 0 Å². The molecule has 3 heteroatoms. The van der Waals surface area contributed by atoms with Gasteiger partial charge in [-0.3, -0.25) is 0 Å². The summed E-state index contributed by atoms with van der Waals surface area (Å²) in [5.41, 5.74) is 2.14. The molecule has 0 aliphatic heterocycles. The summed E-state index contributed by atoms with van der Waals surface area (Å²) in [4.78, 5) is 0. The van der Waals surface area contributed by atoms with Gasteiger partial charge in [0.2, 0.25) is 0 Å². The van der Waals surface area contributed by atoms with E-state index < -0.39 is 0 Å². The van der Waals surface area contributed by atoms with Crippen LogP contribution in [0, 0.1) is 0 Å². The molecule has 0 bridgehead atoms. The van der Waals surface area contributed by atoms with Gasteiger partial charge in [-0.25, -0.2) is 0 Å². The molecule has 2 aromatic rings. The smallest absolute Gasteiger partial charge is 0.123 e. The van der Waals surface area contributed by atoms with Gasteiger partial charge in [0, 0.05) is 6.07 Å². The van der Waals surface area contributed by atoms with Gasteiger partial charge in [-0.2, -0.15) is 0 Å². The van der Waals surface area contributed by atoms with Crippen molar-refractivity contribution in [3.05, 3.63) is 42.5 Å². The molecule has 0 aliphatic rings. The standard InChI is InChI=1S/C15H16O3/c1-16-13-6-4-11(5-7-13)12-8-14(17-2)10-15(9-12)18-3/h4-10H,1-3H3. The first-order valence-corrected chi connectivity index (χ1v) is 5.64. The van der Waals surface area contributed by atoms with Crippen LogP contribution in [0.5, 0.6) is 17.2 Å². The van der Waals surface area contributed by atoms with Gasteiger partial charge in [0.1, 0.15) is 17.2 Å². The van der Waals surface area contributed by atoms with Crippen molar-refractivity contribution in [2.75, 3.05) is 21.3 Å². The number of methoxy groups -OCH3 is 3. The first kappa shape index (κ1) is 12.3. The van der Waals surface area contributed by atoms with E-state index >= 15 is 0 Å². The van der Waals surface area contributed by atoms with Gasteiger partial charge in [0.25, 0.3) is 0 Å². The van der Waals surface area contributed by atoms with Crippen molar-refractivity contribution in [1.29, 1.82) is 0 Å². The van der Waals surface area contributed by atoms with Crippen LogP contribution in [-0.4, -0.2) is 21.3 Å². The molecule has 18 heavy (non-hydrogen) atoms. The zero-order valence-corrected chi connectivity index (χ0v) is 10.8. The first-order chi connectivity index (χ1) is 8.76. The minimum absolute atomic E-state index is 0.778. The van der Waals surface area contributed by atoms with E-state index in [0.717, 1.165) is 28.4 Å². The third-order valence-corrected chi connectivity index (χ3v) is 2.77. The number of rotatable bonds is 4. The number of hydrogen-bond acceptors (Lipinski definition) is 3. The lowest BCUT2D eigenvalue weighted by Gasteiger charge is -2.09. The van der Waals surface area contributed by atoms with Crippen LogP contribution in [0.15, 0.2) is 42.5 Å². The molecule has 0 aromatic heterocycles. The Morgan fingerprint density at radius 2 is 1.06 bits per heavy atom. The number of benzene rings is 2. The van der Waals surface area contributed by atoms with Crippen LogP contribution >= 0.6 is 0 Å². The third kappa shape index (κ3) is 2.56. The summed E-state index contributed by atoms with van der Waals surface area (Å²) in [6, 6.07) is 13.7. The quantitative estimate of drug-likeness (QED) is 0.825. The lowest BCUT2D eigenvalue weighted by molar-refractivity contribution is 0.394. The van der Waals surface area contributed by atoms with E-state index in [1.54, 1.807) is 21.3 Å². The van der Waals surface area contributed by atoms with Crippen molar-refractivity contribution in [2.24, 2.45) is 0 Å². The zero-order chi connectivity index (χ0) is 13.0. The lowest BCUT2D eigenvalue weighted by Crippen LogP contribution is -1.89. The van der Waals surface area contributed by atoms with Crippen LogP contribution in [-0.2, 0) is 0 Å². The fourth-order valence-corrected chi connectivity index (χ4v) is 1.76. The molecular weight excluding hydrogens is 228 g/mol. The van der Waals surface area contributed by atoms with Gasteiger partial charge in [0.15, 0.2) is 0 Å². The Hall–Kier alpha value is -2.16. The van der Waals surface area contributed by atoms with E-state index in [1.165, 1.54) is 0 Å². The maximum Gasteiger partial charge on any atom is 0.123 e. The minimum atomic E-state index is 0.778. The van der Waals surface area contributed by atoms with E-state index in [4.69, 9.17) is 14.2 Å². The summed E-state index contributed by atoms with van der Waals surface area (Å²) in [6.45, 7) is 0. The molecule has 0 spiro atoms. The van der Waals surface area contributed by atoms with Crippen LogP contribution in [0.4, 0.5) is 0 Å². The molecule has 0 fully saturated rings. The highest BCUT2D eigenvalue weighted by molar-refractivity contribution is 5.67. The van der Waals surface area contributed by atoms with Gasteiger partial charge in [-0.1, -0.05) is 12.1 Å². The molecule has 0 saturated carbocycles. The highest BCUT2D eigenvalue weighted by Gasteiger charge is 2.04. The van der Waals surface area contributed by atoms with Gasteiger partial charge in [0.05, 0.1) is 21.3 Å². The van der Waals surface area contributed by atoms with Crippen LogP contribution < -0.4 is 14.2 Å². The second kappa shape index (κ2) is 5.45. The highest BCUT2D eigenvalue weighted by Crippen LogP contribution is 2.30. The predicted octanol–water partition coefficient (Wildman–Crippen LogP) is 3.38. The molecule has 0 aliphatic carbocycles. The van der Waals surface area contributed by atoms with Crippen LogP contribution in [0.2, 0.25) is 0 Å². The van der Waals surface area contributed by atoms with Gasteiger partial charge < -0.3 is 14.2 Å². The summed E-state index contributed by atoms with van der Waals surface area (Å²) in [5.74, 6) is 2.40. The topological polar surface area (TPSA) is 27.7 Å². The second-order valence-corrected chi connectivity index (χ2v) is 3.83. The first-order valence-electron chi connectivity index (χ1n) is 5.64. The molecule has 94 valence electrons. The molecule has 2 aromatic carbocycles. The highest BCUT2D eigenvalue weighted by atomic mass is 16.5. The molecule has 0 saturated heterocycles. The maximum absolute atomic E-state index is 5.26. The Kier molecular flexibility index (Phi) is 3.72. The summed E-state index contributed by atoms with van der Waals surface area (Å²) in [7, 11) is 4.95. The fraction of sp³-hybridized carbons (Fsp3) is 0.200. The van der Waals surface area contributed by atoms with E-state index in [1.807, 2.05) is 42.5 Å². The summed E-state index contributed by atoms with van der Waals surface area (Å²) in [6.07, 6.45) is 0. The monoisotopic (exact) mass is 244 g/mol. The van der Waals surface area contributed by atoms with Gasteiger partial charge in [-0.15, -0.1) is 0 Å². The van der Waals surface area contributed by atoms with Crippen LogP contribution in [0.1, 0.15) is 0 Å². The van der Waals surface area contributed by atoms with Crippen molar-refractivity contribution in [2.45, 2.75) is 0 Å². The number of ether oxygens (including phenoxy) is 3. The molecular formula is C15H16O3. The summed E-state index contributed by atoms with van der Waals surface area (Å²) < 4.78 is 15.7. The molecule has 0 radical (unpaired) electrons. The average Bonchev–Trinajstić information content (AvgIpc) is 2.46. The zero-order valence-electron chi connectivity index (χ0n) is 10.8. The summed E-state index contributed by atoms with van der Waals surface area (Å²) in [5, 5.41) is 0. The van der Waals surface area contributed by atoms with Crippen molar-refractivity contribution in [1.82, 2.24) is 0 Å². The van der Waals surface area contributed by atoms with Gasteiger partial charge in [-0.05, 0) is 35.4 Å². The van der Waals surface area contributed by atoms with E-state index in [9.17, 15) is 0 Å². The maximum atomic E-state index is 5.26. The van der Waals surface area contributed by atoms with Crippen molar-refractivity contribution in [3.8, 4) is 28.4 Å². The van der Waals surface area contributed by atoms with E-state index in [-0.39, 0.29) is 0 Å². The SMILES string of the molecule is COc1ccc(-c2cc(OC)cc(OC)c2)cc1. The Morgan fingerprint density at radius 3 is 1.50 bits per heavy atom. The minimum Gasteiger partial charge on any atom is -0.497 e. The Balaban J connectivity index is 2.41. The van der Waals surface area contributed by atoms with Crippen molar-refractivity contribution in [3.63, 3.8) is 0 Å². The van der Waals surface area contributed by atoms with Crippen molar-refractivity contribution >= 4 is 0 Å². The molecule has 0 N–H and O–H groups in total. The van der Waals surface area contributed by atoms with Crippen molar-refractivity contribution < 1.29 is 14.2 Å². The Labute approximate surface area is 107 Å². The Bertz CT molecular complexity index is 496. The number of hydrogen-bond donors (Lipinski definition) is 0. The fourth-order valence-electron chi connectivity index (χ4n) is 1.76. The van der Waals surface area contributed by atoms with Gasteiger partial charge >= 0.3 is 0 Å². The average molecular weight is 244 g/mol. The second-order valence-electron chi connectivity index (χ2n) is 3.83. The Morgan fingerprint density at radius 1 is 0.556 bits per heavy atom. The van der Waals surface area contributed by atoms with E-state index in [0.29, 0.717) is 0 Å².